The summed E-state index contributed by atoms with van der Waals surface area (Å²) in [6, 6.07) is 28.7. The first-order valence-electron chi connectivity index (χ1n) is 10.8. The molecule has 0 atom stereocenters. The van der Waals surface area contributed by atoms with Crippen LogP contribution in [0.15, 0.2) is 114 Å². The first-order chi connectivity index (χ1) is 15.5. The molecule has 0 aliphatic heterocycles. The molecule has 32 heavy (non-hydrogen) atoms. The van der Waals surface area contributed by atoms with E-state index in [9.17, 15) is 0 Å². The number of nitrogens with zero attached hydrogens (tertiary/aromatic N) is 2. The lowest BCUT2D eigenvalue weighted by Crippen LogP contribution is -2.36. The van der Waals surface area contributed by atoms with Crippen LogP contribution in [0.25, 0.3) is 0 Å². The average Bonchev–Trinajstić information content (AvgIpc) is 2.84. The standard InChI is InChI=1S/C28H32N4/c1-5-22(2)31-27-18-16-24(17-19-27)20-32(4)23(3)28(30-21-29,25-12-8-6-9-13-25)26-14-10-7-11-15-26/h6-19,21,31H,2-3,5,20H2,1,4H3,(H2,29,30). The van der Waals surface area contributed by atoms with Gasteiger partial charge in [0, 0.05) is 30.7 Å². The Morgan fingerprint density at radius 3 is 1.94 bits per heavy atom. The Morgan fingerprint density at radius 1 is 0.938 bits per heavy atom. The van der Waals surface area contributed by atoms with Crippen molar-refractivity contribution in [1.82, 2.24) is 4.90 Å². The van der Waals surface area contributed by atoms with Gasteiger partial charge >= 0.3 is 0 Å². The van der Waals surface area contributed by atoms with E-state index >= 15 is 0 Å². The van der Waals surface area contributed by atoms with E-state index in [0.29, 0.717) is 6.54 Å². The van der Waals surface area contributed by atoms with Gasteiger partial charge in [0.2, 0.25) is 0 Å². The summed E-state index contributed by atoms with van der Waals surface area (Å²) in [5, 5.41) is 3.32. The number of likely N-dealkylation sites (N-methyl/N-ethyl adjacent to an activating group) is 1. The molecular weight excluding hydrogens is 392 g/mol. The average molecular weight is 425 g/mol. The highest BCUT2D eigenvalue weighted by atomic mass is 15.1. The quantitative estimate of drug-likeness (QED) is 0.315. The van der Waals surface area contributed by atoms with E-state index < -0.39 is 5.54 Å². The van der Waals surface area contributed by atoms with Crippen LogP contribution in [0.1, 0.15) is 30.0 Å². The molecule has 0 unspecified atom stereocenters. The molecule has 0 aliphatic rings. The van der Waals surface area contributed by atoms with E-state index in [1.807, 2.05) is 43.4 Å². The van der Waals surface area contributed by atoms with Crippen molar-refractivity contribution in [3.8, 4) is 0 Å². The molecule has 4 nitrogen and oxygen atoms in total. The minimum Gasteiger partial charge on any atom is -0.390 e. The van der Waals surface area contributed by atoms with Crippen LogP contribution >= 0.6 is 0 Å². The molecule has 0 spiro atoms. The lowest BCUT2D eigenvalue weighted by molar-refractivity contribution is 0.350. The van der Waals surface area contributed by atoms with E-state index in [0.717, 1.165) is 34.6 Å². The Morgan fingerprint density at radius 2 is 1.47 bits per heavy atom. The minimum absolute atomic E-state index is 0.690. The van der Waals surface area contributed by atoms with Crippen LogP contribution in [0.2, 0.25) is 0 Å². The van der Waals surface area contributed by atoms with Crippen LogP contribution in [0.5, 0.6) is 0 Å². The molecule has 164 valence electrons. The first-order valence-corrected chi connectivity index (χ1v) is 10.8. The van der Waals surface area contributed by atoms with Gasteiger partial charge in [0.1, 0.15) is 0 Å². The summed E-state index contributed by atoms with van der Waals surface area (Å²) in [6.07, 6.45) is 2.27. The Balaban J connectivity index is 1.94. The molecule has 3 aromatic carbocycles. The maximum Gasteiger partial charge on any atom is 0.151 e. The molecule has 0 fully saturated rings. The second-order valence-electron chi connectivity index (χ2n) is 7.80. The monoisotopic (exact) mass is 424 g/mol. The molecule has 0 aromatic heterocycles. The van der Waals surface area contributed by atoms with E-state index in [4.69, 9.17) is 10.7 Å². The van der Waals surface area contributed by atoms with Crippen molar-refractivity contribution in [3.63, 3.8) is 0 Å². The number of aliphatic imine (C=N–C) groups is 1. The fourth-order valence-electron chi connectivity index (χ4n) is 3.83. The second-order valence-corrected chi connectivity index (χ2v) is 7.80. The third-order valence-electron chi connectivity index (χ3n) is 5.65. The molecule has 0 saturated heterocycles. The highest BCUT2D eigenvalue weighted by Crippen LogP contribution is 2.41. The fourth-order valence-corrected chi connectivity index (χ4v) is 3.83. The number of anilines is 1. The van der Waals surface area contributed by atoms with Gasteiger partial charge in [-0.3, -0.25) is 4.99 Å². The third-order valence-corrected chi connectivity index (χ3v) is 5.65. The Bertz CT molecular complexity index is 1010. The van der Waals surface area contributed by atoms with Crippen molar-refractivity contribution in [2.75, 3.05) is 12.4 Å². The Kier molecular flexibility index (Phi) is 7.50. The number of nitrogens with one attached hydrogen (secondary N) is 1. The maximum absolute atomic E-state index is 5.88. The van der Waals surface area contributed by atoms with Gasteiger partial charge in [-0.2, -0.15) is 0 Å². The molecule has 3 rings (SSSR count). The minimum atomic E-state index is -0.813. The fraction of sp³-hybridized carbons (Fsp3) is 0.179. The van der Waals surface area contributed by atoms with Crippen LogP contribution in [0.4, 0.5) is 5.69 Å². The highest BCUT2D eigenvalue weighted by Gasteiger charge is 2.38. The number of benzene rings is 3. The topological polar surface area (TPSA) is 53.6 Å². The first kappa shape index (κ1) is 22.9. The van der Waals surface area contributed by atoms with Crippen LogP contribution in [-0.4, -0.2) is 18.3 Å². The van der Waals surface area contributed by atoms with Gasteiger partial charge in [-0.25, -0.2) is 0 Å². The zero-order chi connectivity index (χ0) is 23.0. The van der Waals surface area contributed by atoms with Crippen molar-refractivity contribution in [3.05, 3.63) is 126 Å². The van der Waals surface area contributed by atoms with Crippen LogP contribution < -0.4 is 11.1 Å². The third kappa shape index (κ3) is 4.92. The molecule has 0 amide bonds. The smallest absolute Gasteiger partial charge is 0.151 e. The number of nitrogens with two attached hydrogens (primary N) is 1. The summed E-state index contributed by atoms with van der Waals surface area (Å²) >= 11 is 0. The number of hydrogen-bond acceptors (Lipinski definition) is 3. The molecule has 4 heteroatoms. The van der Waals surface area contributed by atoms with Gasteiger partial charge in [-0.15, -0.1) is 0 Å². The van der Waals surface area contributed by atoms with Gasteiger partial charge in [0.05, 0.1) is 6.34 Å². The van der Waals surface area contributed by atoms with Gasteiger partial charge in [-0.1, -0.05) is 92.9 Å². The van der Waals surface area contributed by atoms with Gasteiger partial charge in [-0.05, 0) is 35.2 Å². The SMILES string of the molecule is C=C(CC)Nc1ccc(CN(C)C(=C)C(N=CN)(c2ccccc2)c2ccccc2)cc1. The van der Waals surface area contributed by atoms with Crippen molar-refractivity contribution >= 4 is 12.0 Å². The van der Waals surface area contributed by atoms with E-state index in [-0.39, 0.29) is 0 Å². The highest BCUT2D eigenvalue weighted by molar-refractivity contribution is 5.58. The maximum atomic E-state index is 5.88. The van der Waals surface area contributed by atoms with E-state index in [1.54, 1.807) is 0 Å². The second kappa shape index (κ2) is 10.5. The summed E-state index contributed by atoms with van der Waals surface area (Å²) in [7, 11) is 2.04. The molecule has 0 aliphatic carbocycles. The summed E-state index contributed by atoms with van der Waals surface area (Å²) in [4.78, 5) is 6.95. The van der Waals surface area contributed by atoms with Crippen molar-refractivity contribution < 1.29 is 0 Å². The molecule has 3 N–H and O–H groups in total. The van der Waals surface area contributed by atoms with Crippen LogP contribution in [0, 0.1) is 0 Å². The Hall–Kier alpha value is -3.79. The lowest BCUT2D eigenvalue weighted by atomic mass is 9.80. The number of hydrogen-bond donors (Lipinski definition) is 2. The molecule has 0 heterocycles. The van der Waals surface area contributed by atoms with Crippen LogP contribution in [-0.2, 0) is 12.1 Å². The molecular formula is C28H32N4. The summed E-state index contributed by atoms with van der Waals surface area (Å²) in [5.74, 6) is 0. The number of allylic oxidation sites excluding steroid dienone is 1. The van der Waals surface area contributed by atoms with Crippen molar-refractivity contribution in [2.24, 2.45) is 10.7 Å². The molecule has 3 aromatic rings. The van der Waals surface area contributed by atoms with Crippen molar-refractivity contribution in [2.45, 2.75) is 25.4 Å². The molecule has 0 bridgehead atoms. The van der Waals surface area contributed by atoms with Gasteiger partial charge in [0.15, 0.2) is 5.54 Å². The summed E-state index contributed by atoms with van der Waals surface area (Å²) < 4.78 is 0. The molecule has 0 saturated carbocycles. The normalized spacial score (nSPS) is 11.3. The Labute approximate surface area is 191 Å². The predicted molar refractivity (Wildman–Crippen MR) is 136 cm³/mol. The number of rotatable bonds is 10. The van der Waals surface area contributed by atoms with Crippen molar-refractivity contribution in [1.29, 1.82) is 0 Å². The van der Waals surface area contributed by atoms with E-state index in [2.05, 4.69) is 78.8 Å². The summed E-state index contributed by atoms with van der Waals surface area (Å²) in [5.41, 5.74) is 11.2. The largest absolute Gasteiger partial charge is 0.390 e. The molecule has 0 radical (unpaired) electrons. The van der Waals surface area contributed by atoms with E-state index in [1.165, 1.54) is 11.9 Å². The van der Waals surface area contributed by atoms with Crippen LogP contribution in [0.3, 0.4) is 0 Å². The lowest BCUT2D eigenvalue weighted by Gasteiger charge is -2.38. The zero-order valence-corrected chi connectivity index (χ0v) is 19.0. The predicted octanol–water partition coefficient (Wildman–Crippen LogP) is 5.90. The zero-order valence-electron chi connectivity index (χ0n) is 19.0. The summed E-state index contributed by atoms with van der Waals surface area (Å²) in [6.45, 7) is 11.3. The van der Waals surface area contributed by atoms with Gasteiger partial charge in [0.25, 0.3) is 0 Å². The van der Waals surface area contributed by atoms with Gasteiger partial charge < -0.3 is 16.0 Å².